The van der Waals surface area contributed by atoms with Crippen LogP contribution in [-0.4, -0.2) is 28.3 Å². The van der Waals surface area contributed by atoms with Crippen molar-refractivity contribution in [3.05, 3.63) is 40.6 Å². The number of aromatic nitrogens is 2. The molecule has 0 saturated carbocycles. The summed E-state index contributed by atoms with van der Waals surface area (Å²) in [5.74, 6) is -0.157. The van der Waals surface area contributed by atoms with Crippen molar-refractivity contribution in [1.29, 1.82) is 0 Å². The van der Waals surface area contributed by atoms with Gasteiger partial charge in [-0.05, 0) is 49.9 Å². The highest BCUT2D eigenvalue weighted by atomic mass is 19.4. The number of halogens is 3. The predicted molar refractivity (Wildman–Crippen MR) is 99.2 cm³/mol. The van der Waals surface area contributed by atoms with Crippen molar-refractivity contribution >= 4 is 17.4 Å². The van der Waals surface area contributed by atoms with Crippen molar-refractivity contribution in [3.8, 4) is 0 Å². The van der Waals surface area contributed by atoms with Crippen LogP contribution >= 0.6 is 0 Å². The monoisotopic (exact) mass is 393 g/mol. The summed E-state index contributed by atoms with van der Waals surface area (Å²) in [4.78, 5) is 13.4. The minimum absolute atomic E-state index is 0.0325. The number of nitrogens with two attached hydrogens (primary N) is 2. The number of nitrogens with one attached hydrogen (secondary N) is 1. The molecule has 0 saturated heterocycles. The van der Waals surface area contributed by atoms with Gasteiger partial charge in [-0.1, -0.05) is 0 Å². The highest BCUT2D eigenvalue weighted by Crippen LogP contribution is 2.42. The third-order valence-corrected chi connectivity index (χ3v) is 5.87. The minimum atomic E-state index is -4.49. The van der Waals surface area contributed by atoms with Crippen molar-refractivity contribution in [2.75, 3.05) is 17.6 Å². The van der Waals surface area contributed by atoms with Crippen molar-refractivity contribution in [3.63, 3.8) is 0 Å². The third kappa shape index (κ3) is 2.85. The summed E-state index contributed by atoms with van der Waals surface area (Å²) in [6.45, 7) is 2.12. The molecule has 1 aromatic carbocycles. The van der Waals surface area contributed by atoms with E-state index in [2.05, 4.69) is 10.4 Å². The topological polar surface area (TPSA) is 99.0 Å². The molecule has 4 rings (SSSR count). The first-order valence-corrected chi connectivity index (χ1v) is 9.23. The van der Waals surface area contributed by atoms with Gasteiger partial charge in [0.1, 0.15) is 5.82 Å². The predicted octanol–water partition coefficient (Wildman–Crippen LogP) is 2.71. The molecular weight excluding hydrogens is 371 g/mol. The van der Waals surface area contributed by atoms with Crippen molar-refractivity contribution in [1.82, 2.24) is 9.78 Å². The molecule has 2 heterocycles. The Labute approximate surface area is 160 Å². The molecule has 1 aromatic heterocycles. The number of fused-ring (bicyclic) bond motifs is 2. The van der Waals surface area contributed by atoms with Crippen LogP contribution in [0, 0.1) is 0 Å². The van der Waals surface area contributed by atoms with Crippen LogP contribution in [0.15, 0.2) is 18.2 Å². The molecule has 5 N–H and O–H groups in total. The van der Waals surface area contributed by atoms with Crippen LogP contribution < -0.4 is 16.8 Å². The Morgan fingerprint density at radius 1 is 1.39 bits per heavy atom. The molecule has 6 nitrogen and oxygen atoms in total. The van der Waals surface area contributed by atoms with Gasteiger partial charge >= 0.3 is 6.18 Å². The van der Waals surface area contributed by atoms with Crippen LogP contribution in [0.1, 0.15) is 46.9 Å². The first-order chi connectivity index (χ1) is 13.1. The minimum Gasteiger partial charge on any atom is -0.385 e. The molecule has 0 bridgehead atoms. The van der Waals surface area contributed by atoms with Crippen LogP contribution in [0.3, 0.4) is 0 Å². The zero-order valence-corrected chi connectivity index (χ0v) is 15.4. The molecule has 0 amide bonds. The highest BCUT2D eigenvalue weighted by Gasteiger charge is 2.43. The Balaban J connectivity index is 1.79. The number of benzene rings is 1. The molecule has 150 valence electrons. The van der Waals surface area contributed by atoms with Crippen LogP contribution in [0.25, 0.3) is 0 Å². The number of nitrogens with zero attached hydrogens (tertiary/aromatic N) is 2. The Morgan fingerprint density at radius 2 is 2.14 bits per heavy atom. The van der Waals surface area contributed by atoms with E-state index >= 15 is 0 Å². The third-order valence-electron chi connectivity index (χ3n) is 5.87. The molecule has 0 fully saturated rings. The van der Waals surface area contributed by atoms with E-state index in [0.717, 1.165) is 28.8 Å². The van der Waals surface area contributed by atoms with Gasteiger partial charge < -0.3 is 16.8 Å². The van der Waals surface area contributed by atoms with E-state index in [-0.39, 0.29) is 11.9 Å². The number of rotatable bonds is 1. The summed E-state index contributed by atoms with van der Waals surface area (Å²) < 4.78 is 40.9. The van der Waals surface area contributed by atoms with Gasteiger partial charge in [0.2, 0.25) is 0 Å². The number of hydrogen-bond donors (Lipinski definition) is 3. The van der Waals surface area contributed by atoms with Crippen molar-refractivity contribution in [2.24, 2.45) is 5.73 Å². The average Bonchev–Trinajstić information content (AvgIpc) is 2.96. The molecule has 0 radical (unpaired) electrons. The Bertz CT molecular complexity index is 952. The van der Waals surface area contributed by atoms with E-state index in [0.29, 0.717) is 42.8 Å². The second kappa shape index (κ2) is 6.23. The molecule has 2 unspecified atom stereocenters. The van der Waals surface area contributed by atoms with Crippen LogP contribution in [0.5, 0.6) is 0 Å². The lowest BCUT2D eigenvalue weighted by molar-refractivity contribution is -0.137. The number of alkyl halides is 3. The summed E-state index contributed by atoms with van der Waals surface area (Å²) in [5, 5.41) is 7.46. The second-order valence-corrected chi connectivity index (χ2v) is 7.80. The standard InChI is InChI=1S/C19H22F3N5O/c1-18(6-7-25-14-5-2-10(8-13(14)18)19(20,21)22)17(28)27-16(24)12-4-3-11(23)9-15(12)26-27/h2,5,8,11,25H,3-4,6-7,9,23-24H2,1H3. The number of hydrogen-bond acceptors (Lipinski definition) is 5. The van der Waals surface area contributed by atoms with Gasteiger partial charge in [0.25, 0.3) is 5.91 Å². The lowest BCUT2D eigenvalue weighted by Gasteiger charge is -2.35. The molecule has 9 heteroatoms. The van der Waals surface area contributed by atoms with E-state index in [1.165, 1.54) is 6.07 Å². The summed E-state index contributed by atoms with van der Waals surface area (Å²) in [6, 6.07) is 3.41. The van der Waals surface area contributed by atoms with Crippen LogP contribution in [0.2, 0.25) is 0 Å². The maximum atomic E-state index is 13.4. The lowest BCUT2D eigenvalue weighted by atomic mass is 9.75. The fourth-order valence-corrected chi connectivity index (χ4v) is 4.15. The normalized spacial score (nSPS) is 24.2. The number of carbonyl (C=O) groups excluding carboxylic acids is 1. The van der Waals surface area contributed by atoms with E-state index in [9.17, 15) is 18.0 Å². The Morgan fingerprint density at radius 3 is 2.86 bits per heavy atom. The smallest absolute Gasteiger partial charge is 0.385 e. The van der Waals surface area contributed by atoms with Gasteiger partial charge in [-0.3, -0.25) is 4.79 Å². The first-order valence-electron chi connectivity index (χ1n) is 9.23. The SMILES string of the molecule is CC1(C(=O)n2nc3c(c2N)CCC(N)C3)CCNc2ccc(C(F)(F)F)cc21. The zero-order valence-electron chi connectivity index (χ0n) is 15.4. The van der Waals surface area contributed by atoms with Gasteiger partial charge in [0.05, 0.1) is 16.7 Å². The zero-order chi connectivity index (χ0) is 20.3. The molecule has 1 aliphatic carbocycles. The average molecular weight is 393 g/mol. The van der Waals surface area contributed by atoms with Gasteiger partial charge in [-0.15, -0.1) is 0 Å². The molecule has 2 aromatic rings. The largest absolute Gasteiger partial charge is 0.416 e. The maximum Gasteiger partial charge on any atom is 0.416 e. The molecular formula is C19H22F3N5O. The fraction of sp³-hybridized carbons (Fsp3) is 0.474. The Hall–Kier alpha value is -2.55. The first kappa shape index (κ1) is 18.8. The fourth-order valence-electron chi connectivity index (χ4n) is 4.15. The summed E-state index contributed by atoms with van der Waals surface area (Å²) >= 11 is 0. The lowest BCUT2D eigenvalue weighted by Crippen LogP contribution is -2.42. The van der Waals surface area contributed by atoms with Crippen LogP contribution in [0.4, 0.5) is 24.7 Å². The molecule has 0 spiro atoms. The Kier molecular flexibility index (Phi) is 4.18. The molecule has 2 atom stereocenters. The summed E-state index contributed by atoms with van der Waals surface area (Å²) in [5.41, 5.74) is 12.6. The van der Waals surface area contributed by atoms with Crippen LogP contribution in [-0.2, 0) is 24.4 Å². The van der Waals surface area contributed by atoms with E-state index in [1.54, 1.807) is 6.92 Å². The maximum absolute atomic E-state index is 13.4. The van der Waals surface area contributed by atoms with E-state index in [4.69, 9.17) is 11.5 Å². The van der Waals surface area contributed by atoms with Crippen molar-refractivity contribution < 1.29 is 18.0 Å². The quantitative estimate of drug-likeness (QED) is 0.692. The van der Waals surface area contributed by atoms with E-state index in [1.807, 2.05) is 0 Å². The molecule has 1 aliphatic heterocycles. The molecule has 2 aliphatic rings. The second-order valence-electron chi connectivity index (χ2n) is 7.80. The number of anilines is 2. The van der Waals surface area contributed by atoms with Crippen molar-refractivity contribution in [2.45, 2.75) is 50.2 Å². The number of nitrogen functional groups attached to an aromatic ring is 1. The highest BCUT2D eigenvalue weighted by molar-refractivity contribution is 5.94. The molecule has 28 heavy (non-hydrogen) atoms. The van der Waals surface area contributed by atoms with Gasteiger partial charge in [-0.25, -0.2) is 0 Å². The van der Waals surface area contributed by atoms with Gasteiger partial charge in [0, 0.05) is 30.3 Å². The number of carbonyl (C=O) groups is 1. The summed E-state index contributed by atoms with van der Waals surface area (Å²) in [6.07, 6.45) is -2.22. The van der Waals surface area contributed by atoms with Gasteiger partial charge in [0.15, 0.2) is 0 Å². The van der Waals surface area contributed by atoms with Gasteiger partial charge in [-0.2, -0.15) is 23.0 Å². The van der Waals surface area contributed by atoms with E-state index < -0.39 is 23.1 Å². The summed E-state index contributed by atoms with van der Waals surface area (Å²) in [7, 11) is 0.